The van der Waals surface area contributed by atoms with Gasteiger partial charge in [-0.3, -0.25) is 4.72 Å². The molecule has 0 aliphatic carbocycles. The molecule has 4 nitrogen and oxygen atoms in total. The van der Waals surface area contributed by atoms with Gasteiger partial charge in [0, 0.05) is 11.3 Å². The van der Waals surface area contributed by atoms with Gasteiger partial charge in [0.2, 0.25) is 0 Å². The number of nitrogens with one attached hydrogen (secondary N) is 1. The number of hydrogen-bond donors (Lipinski definition) is 2. The lowest BCUT2D eigenvalue weighted by molar-refractivity contribution is 0.275. The Morgan fingerprint density at radius 2 is 1.76 bits per heavy atom. The summed E-state index contributed by atoms with van der Waals surface area (Å²) in [6.07, 6.45) is 0. The van der Waals surface area contributed by atoms with Gasteiger partial charge in [0.1, 0.15) is 11.6 Å². The molecular weight excluding hydrogens is 300 g/mol. The first-order valence-electron chi connectivity index (χ1n) is 6.02. The zero-order chi connectivity index (χ0) is 15.6. The molecule has 21 heavy (non-hydrogen) atoms. The van der Waals surface area contributed by atoms with Crippen LogP contribution in [0.4, 0.5) is 14.5 Å². The molecule has 0 aliphatic heterocycles. The molecule has 0 heterocycles. The van der Waals surface area contributed by atoms with Gasteiger partial charge in [0.15, 0.2) is 0 Å². The van der Waals surface area contributed by atoms with E-state index in [9.17, 15) is 17.2 Å². The van der Waals surface area contributed by atoms with Crippen LogP contribution < -0.4 is 4.72 Å². The largest absolute Gasteiger partial charge is 0.392 e. The molecular formula is C14H13F2NO3S. The minimum atomic E-state index is -3.95. The van der Waals surface area contributed by atoms with E-state index in [-0.39, 0.29) is 21.7 Å². The summed E-state index contributed by atoms with van der Waals surface area (Å²) in [5.41, 5.74) is 0.194. The van der Waals surface area contributed by atoms with Gasteiger partial charge in [-0.25, -0.2) is 17.2 Å². The van der Waals surface area contributed by atoms with E-state index in [1.807, 2.05) is 0 Å². The number of rotatable bonds is 4. The Balaban J connectivity index is 2.40. The van der Waals surface area contributed by atoms with E-state index in [1.165, 1.54) is 25.1 Å². The standard InChI is InChI=1S/C14H13F2NO3S/c1-9-6-13(7-10(8-18)14(9)16)21(19,20)17-12-4-2-11(15)3-5-12/h2-7,17-18H,8H2,1H3. The SMILES string of the molecule is Cc1cc(S(=O)(=O)Nc2ccc(F)cc2)cc(CO)c1F. The summed E-state index contributed by atoms with van der Waals surface area (Å²) in [5.74, 6) is -1.13. The molecule has 0 aliphatic rings. The van der Waals surface area contributed by atoms with Crippen LogP contribution in [-0.4, -0.2) is 13.5 Å². The van der Waals surface area contributed by atoms with Gasteiger partial charge < -0.3 is 5.11 Å². The highest BCUT2D eigenvalue weighted by molar-refractivity contribution is 7.92. The van der Waals surface area contributed by atoms with Gasteiger partial charge in [-0.05, 0) is 48.9 Å². The van der Waals surface area contributed by atoms with Crippen LogP contribution in [0.1, 0.15) is 11.1 Å². The molecule has 2 rings (SSSR count). The van der Waals surface area contributed by atoms with E-state index in [1.54, 1.807) is 0 Å². The third-order valence-corrected chi connectivity index (χ3v) is 4.24. The van der Waals surface area contributed by atoms with Crippen molar-refractivity contribution in [1.82, 2.24) is 0 Å². The minimum absolute atomic E-state index is 0.102. The molecule has 0 atom stereocenters. The fourth-order valence-corrected chi connectivity index (χ4v) is 3.00. The molecule has 0 saturated carbocycles. The van der Waals surface area contributed by atoms with Gasteiger partial charge in [0.25, 0.3) is 10.0 Å². The zero-order valence-corrected chi connectivity index (χ0v) is 11.9. The molecule has 7 heteroatoms. The molecule has 2 aromatic carbocycles. The number of benzene rings is 2. The molecule has 0 aromatic heterocycles. The predicted molar refractivity (Wildman–Crippen MR) is 74.3 cm³/mol. The number of halogens is 2. The summed E-state index contributed by atoms with van der Waals surface area (Å²) in [5, 5.41) is 9.06. The number of sulfonamides is 1. The Hall–Kier alpha value is -1.99. The van der Waals surface area contributed by atoms with E-state index < -0.39 is 28.3 Å². The van der Waals surface area contributed by atoms with Crippen LogP contribution in [0.25, 0.3) is 0 Å². The van der Waals surface area contributed by atoms with Gasteiger partial charge in [0.05, 0.1) is 11.5 Å². The van der Waals surface area contributed by atoms with Crippen LogP contribution in [0.5, 0.6) is 0 Å². The average molecular weight is 313 g/mol. The Morgan fingerprint density at radius 1 is 1.14 bits per heavy atom. The molecule has 2 N–H and O–H groups in total. The summed E-state index contributed by atoms with van der Waals surface area (Å²) in [7, 11) is -3.95. The van der Waals surface area contributed by atoms with Crippen molar-refractivity contribution in [2.75, 3.05) is 4.72 Å². The first-order chi connectivity index (χ1) is 9.83. The van der Waals surface area contributed by atoms with Crippen molar-refractivity contribution in [2.45, 2.75) is 18.4 Å². The van der Waals surface area contributed by atoms with Crippen LogP contribution in [0.15, 0.2) is 41.3 Å². The van der Waals surface area contributed by atoms with E-state index in [0.717, 1.165) is 18.2 Å². The van der Waals surface area contributed by atoms with Crippen molar-refractivity contribution in [3.05, 3.63) is 59.2 Å². The van der Waals surface area contributed by atoms with Crippen molar-refractivity contribution in [2.24, 2.45) is 0 Å². The van der Waals surface area contributed by atoms with Crippen LogP contribution in [0, 0.1) is 18.6 Å². The van der Waals surface area contributed by atoms with E-state index in [0.29, 0.717) is 0 Å². The normalized spacial score (nSPS) is 11.4. The molecule has 0 amide bonds. The second kappa shape index (κ2) is 5.79. The number of anilines is 1. The second-order valence-electron chi connectivity index (χ2n) is 4.48. The number of aryl methyl sites for hydroxylation is 1. The summed E-state index contributed by atoms with van der Waals surface area (Å²) in [6.45, 7) is 0.804. The van der Waals surface area contributed by atoms with Crippen LogP contribution >= 0.6 is 0 Å². The second-order valence-corrected chi connectivity index (χ2v) is 6.17. The van der Waals surface area contributed by atoms with Crippen molar-refractivity contribution in [3.8, 4) is 0 Å². The summed E-state index contributed by atoms with van der Waals surface area (Å²) >= 11 is 0. The molecule has 0 spiro atoms. The van der Waals surface area contributed by atoms with Gasteiger partial charge in [-0.1, -0.05) is 0 Å². The number of hydrogen-bond acceptors (Lipinski definition) is 3. The third kappa shape index (κ3) is 3.37. The highest BCUT2D eigenvalue weighted by atomic mass is 32.2. The van der Waals surface area contributed by atoms with Gasteiger partial charge in [-0.15, -0.1) is 0 Å². The van der Waals surface area contributed by atoms with Gasteiger partial charge >= 0.3 is 0 Å². The lowest BCUT2D eigenvalue weighted by Crippen LogP contribution is -2.14. The topological polar surface area (TPSA) is 66.4 Å². The molecule has 2 aromatic rings. The minimum Gasteiger partial charge on any atom is -0.392 e. The maximum absolute atomic E-state index is 13.6. The quantitative estimate of drug-likeness (QED) is 0.911. The Labute approximate surface area is 121 Å². The summed E-state index contributed by atoms with van der Waals surface area (Å²) in [4.78, 5) is -0.172. The van der Waals surface area contributed by atoms with Crippen molar-refractivity contribution in [1.29, 1.82) is 0 Å². The molecule has 0 bridgehead atoms. The number of aliphatic hydroxyl groups is 1. The third-order valence-electron chi connectivity index (χ3n) is 2.88. The Bertz CT molecular complexity index is 759. The molecule has 0 fully saturated rings. The zero-order valence-electron chi connectivity index (χ0n) is 11.1. The summed E-state index contributed by atoms with van der Waals surface area (Å²) < 4.78 is 53.1. The monoisotopic (exact) mass is 313 g/mol. The molecule has 0 radical (unpaired) electrons. The Morgan fingerprint density at radius 3 is 2.33 bits per heavy atom. The van der Waals surface area contributed by atoms with E-state index in [4.69, 9.17) is 5.11 Å². The lowest BCUT2D eigenvalue weighted by Gasteiger charge is -2.11. The highest BCUT2D eigenvalue weighted by Crippen LogP contribution is 2.22. The number of aliphatic hydroxyl groups excluding tert-OH is 1. The van der Waals surface area contributed by atoms with Crippen molar-refractivity contribution >= 4 is 15.7 Å². The van der Waals surface area contributed by atoms with Crippen LogP contribution in [-0.2, 0) is 16.6 Å². The van der Waals surface area contributed by atoms with Crippen LogP contribution in [0.2, 0.25) is 0 Å². The lowest BCUT2D eigenvalue weighted by atomic mass is 10.1. The smallest absolute Gasteiger partial charge is 0.261 e. The van der Waals surface area contributed by atoms with Crippen molar-refractivity contribution < 1.29 is 22.3 Å². The predicted octanol–water partition coefficient (Wildman–Crippen LogP) is 2.57. The maximum atomic E-state index is 13.6. The van der Waals surface area contributed by atoms with E-state index in [2.05, 4.69) is 4.72 Å². The highest BCUT2D eigenvalue weighted by Gasteiger charge is 2.18. The average Bonchev–Trinajstić information content (AvgIpc) is 2.44. The molecule has 112 valence electrons. The summed E-state index contributed by atoms with van der Waals surface area (Å²) in [6, 6.07) is 7.01. The first-order valence-corrected chi connectivity index (χ1v) is 7.50. The van der Waals surface area contributed by atoms with E-state index >= 15 is 0 Å². The van der Waals surface area contributed by atoms with Crippen molar-refractivity contribution in [3.63, 3.8) is 0 Å². The maximum Gasteiger partial charge on any atom is 0.261 e. The molecule has 0 unspecified atom stereocenters. The first kappa shape index (κ1) is 15.4. The molecule has 0 saturated heterocycles. The fourth-order valence-electron chi connectivity index (χ4n) is 1.81. The van der Waals surface area contributed by atoms with Crippen LogP contribution in [0.3, 0.4) is 0 Å². The Kier molecular flexibility index (Phi) is 4.24. The van der Waals surface area contributed by atoms with Gasteiger partial charge in [-0.2, -0.15) is 0 Å². The fraction of sp³-hybridized carbons (Fsp3) is 0.143.